The van der Waals surface area contributed by atoms with Gasteiger partial charge in [0.05, 0.1) is 31.5 Å². The molecule has 2 aliphatic heterocycles. The Balaban J connectivity index is 1.10. The normalized spacial score (nSPS) is 48.8. The summed E-state index contributed by atoms with van der Waals surface area (Å²) in [5.41, 5.74) is 1.58. The number of fused-ring (bicyclic) bond motifs is 5. The first-order valence-corrected chi connectivity index (χ1v) is 20.1. The van der Waals surface area contributed by atoms with Gasteiger partial charge in [-0.1, -0.05) is 38.0 Å². The van der Waals surface area contributed by atoms with E-state index in [0.717, 1.165) is 37.7 Å². The van der Waals surface area contributed by atoms with Crippen LogP contribution in [0.5, 0.6) is 0 Å². The van der Waals surface area contributed by atoms with Gasteiger partial charge in [-0.2, -0.15) is 0 Å². The number of hydrogen-bond acceptors (Lipinski definition) is 14. The molecule has 0 aromatic rings. The third-order valence-corrected chi connectivity index (χ3v) is 15.2. The van der Waals surface area contributed by atoms with Gasteiger partial charge in [0, 0.05) is 17.4 Å². The Kier molecular flexibility index (Phi) is 13.0. The SMILES string of the molecule is CC(C[C@@H](O)[C@@H](C)[C@H]1CC[C@H]2[C@@H]3CC=C4C[C@@H](O[C@@H]5O[C@H](CO[C@@H]6O[C@H](CO)[C@@H](O)[C@H](O)[C@H]6O)[C@@H](O)[C@H](O)[C@H]5O)C[C@H](O)[C@]4(C)[C@H]3CC[C@]12C)=C(C)C(=O)O. The van der Waals surface area contributed by atoms with Crippen molar-refractivity contribution in [3.63, 3.8) is 0 Å². The fourth-order valence-electron chi connectivity index (χ4n) is 11.5. The van der Waals surface area contributed by atoms with Crippen molar-refractivity contribution in [2.75, 3.05) is 13.2 Å². The lowest BCUT2D eigenvalue weighted by molar-refractivity contribution is -0.337. The Labute approximate surface area is 322 Å². The van der Waals surface area contributed by atoms with Crippen LogP contribution in [-0.4, -0.2) is 150 Å². The summed E-state index contributed by atoms with van der Waals surface area (Å²) in [4.78, 5) is 11.5. The molecule has 0 aromatic carbocycles. The fourth-order valence-corrected chi connectivity index (χ4v) is 11.5. The van der Waals surface area contributed by atoms with Gasteiger partial charge in [0.25, 0.3) is 0 Å². The van der Waals surface area contributed by atoms with Gasteiger partial charge in [-0.05, 0) is 93.8 Å². The van der Waals surface area contributed by atoms with Crippen molar-refractivity contribution in [2.45, 2.75) is 166 Å². The second-order valence-corrected chi connectivity index (χ2v) is 18.0. The second-order valence-electron chi connectivity index (χ2n) is 18.0. The van der Waals surface area contributed by atoms with E-state index in [-0.39, 0.29) is 29.2 Å². The molecule has 314 valence electrons. The van der Waals surface area contributed by atoms with E-state index in [0.29, 0.717) is 36.2 Å². The van der Waals surface area contributed by atoms with Gasteiger partial charge in [-0.15, -0.1) is 0 Å². The summed E-state index contributed by atoms with van der Waals surface area (Å²) in [7, 11) is 0. The monoisotopic (exact) mass is 784 g/mol. The first-order chi connectivity index (χ1) is 25.8. The largest absolute Gasteiger partial charge is 0.478 e. The van der Waals surface area contributed by atoms with Gasteiger partial charge in [0.1, 0.15) is 48.8 Å². The Bertz CT molecular complexity index is 1440. The molecule has 0 aromatic heterocycles. The Morgan fingerprint density at radius 1 is 0.891 bits per heavy atom. The molecule has 6 rings (SSSR count). The third-order valence-electron chi connectivity index (χ3n) is 15.2. The number of ether oxygens (including phenoxy) is 4. The number of rotatable bonds is 11. The van der Waals surface area contributed by atoms with Crippen LogP contribution in [0.15, 0.2) is 22.8 Å². The summed E-state index contributed by atoms with van der Waals surface area (Å²) < 4.78 is 23.0. The van der Waals surface area contributed by atoms with Gasteiger partial charge in [0.2, 0.25) is 0 Å². The molecule has 15 heteroatoms. The molecule has 4 aliphatic carbocycles. The Morgan fingerprint density at radius 2 is 1.53 bits per heavy atom. The fraction of sp³-hybridized carbons (Fsp3) is 0.875. The maximum Gasteiger partial charge on any atom is 0.331 e. The highest BCUT2D eigenvalue weighted by atomic mass is 16.7. The van der Waals surface area contributed by atoms with Crippen LogP contribution in [0.25, 0.3) is 0 Å². The zero-order valence-electron chi connectivity index (χ0n) is 32.6. The molecule has 5 fully saturated rings. The van der Waals surface area contributed by atoms with Gasteiger partial charge in [-0.25, -0.2) is 4.79 Å². The Morgan fingerprint density at radius 3 is 2.18 bits per heavy atom. The predicted molar refractivity (Wildman–Crippen MR) is 194 cm³/mol. The Hall–Kier alpha value is -1.57. The van der Waals surface area contributed by atoms with Crippen LogP contribution in [0.3, 0.4) is 0 Å². The quantitative estimate of drug-likeness (QED) is 0.100. The molecule has 0 bridgehead atoms. The maximum atomic E-state index is 11.9. The highest BCUT2D eigenvalue weighted by molar-refractivity contribution is 5.86. The predicted octanol–water partition coefficient (Wildman–Crippen LogP) is 0.354. The zero-order chi connectivity index (χ0) is 40.3. The highest BCUT2D eigenvalue weighted by Gasteiger charge is 2.62. The van der Waals surface area contributed by atoms with Crippen molar-refractivity contribution in [1.82, 2.24) is 0 Å². The lowest BCUT2D eigenvalue weighted by Gasteiger charge is -2.60. The summed E-state index contributed by atoms with van der Waals surface area (Å²) in [6, 6.07) is 0. The van der Waals surface area contributed by atoms with Crippen molar-refractivity contribution in [3.05, 3.63) is 22.8 Å². The molecule has 20 atom stereocenters. The first-order valence-electron chi connectivity index (χ1n) is 20.1. The summed E-state index contributed by atoms with van der Waals surface area (Å²) in [6.45, 7) is 8.86. The van der Waals surface area contributed by atoms with Crippen molar-refractivity contribution >= 4 is 5.97 Å². The number of carboxylic acids is 1. The lowest BCUT2D eigenvalue weighted by atomic mass is 9.46. The van der Waals surface area contributed by atoms with E-state index in [1.165, 1.54) is 0 Å². The van der Waals surface area contributed by atoms with Crippen LogP contribution >= 0.6 is 0 Å². The highest BCUT2D eigenvalue weighted by Crippen LogP contribution is 2.67. The minimum atomic E-state index is -1.68. The first kappa shape index (κ1) is 43.0. The molecule has 3 saturated carbocycles. The molecule has 2 heterocycles. The number of aliphatic hydroxyl groups excluding tert-OH is 9. The molecular formula is C40H64O15. The van der Waals surface area contributed by atoms with Gasteiger partial charge < -0.3 is 70.0 Å². The smallest absolute Gasteiger partial charge is 0.331 e. The molecule has 0 unspecified atom stereocenters. The van der Waals surface area contributed by atoms with E-state index < -0.39 is 104 Å². The minimum absolute atomic E-state index is 0.00225. The van der Waals surface area contributed by atoms with E-state index in [1.807, 2.05) is 0 Å². The molecule has 10 N–H and O–H groups in total. The van der Waals surface area contributed by atoms with Gasteiger partial charge >= 0.3 is 5.97 Å². The van der Waals surface area contributed by atoms with Crippen LogP contribution in [0.1, 0.15) is 86.0 Å². The number of carboxylic acid groups (broad SMARTS) is 1. The third kappa shape index (κ3) is 7.72. The molecule has 0 spiro atoms. The van der Waals surface area contributed by atoms with E-state index in [2.05, 4.69) is 26.8 Å². The number of carbonyl (C=O) groups is 1. The van der Waals surface area contributed by atoms with E-state index in [1.54, 1.807) is 13.8 Å². The summed E-state index contributed by atoms with van der Waals surface area (Å²) in [5, 5.41) is 105. The van der Waals surface area contributed by atoms with E-state index in [9.17, 15) is 55.9 Å². The number of allylic oxidation sites excluding steroid dienone is 1. The van der Waals surface area contributed by atoms with Crippen molar-refractivity contribution in [3.8, 4) is 0 Å². The van der Waals surface area contributed by atoms with Crippen LogP contribution in [0, 0.1) is 40.4 Å². The summed E-state index contributed by atoms with van der Waals surface area (Å²) in [5.74, 6) is 0.342. The molecule has 6 aliphatic rings. The summed E-state index contributed by atoms with van der Waals surface area (Å²) in [6.07, 6.45) is -9.09. The standard InChI is InChI=1S/C40H64O15/c1-17(18(2)36(50)51)12-26(42)19(3)23-8-9-24-22-7-6-20-13-21(14-29(43)40(20,5)25(22)10-11-39(23,24)4)53-38-35(49)33(47)31(45)28(55-38)16-52-37-34(48)32(46)30(44)27(15-41)54-37/h6,19,21-35,37-38,41-49H,7-16H2,1-5H3,(H,50,51)/t19-,21+,22-,23+,24-,25-,26+,27+,28+,29-,30+,31+,32-,33-,34+,35+,37+,38+,39+,40-/m0/s1. The van der Waals surface area contributed by atoms with Gasteiger partial charge in [0.15, 0.2) is 12.6 Å². The molecule has 0 radical (unpaired) electrons. The van der Waals surface area contributed by atoms with Crippen molar-refractivity contribution < 1.29 is 74.8 Å². The zero-order valence-corrected chi connectivity index (χ0v) is 32.6. The average molecular weight is 785 g/mol. The maximum absolute atomic E-state index is 11.9. The molecule has 0 amide bonds. The molecule has 55 heavy (non-hydrogen) atoms. The average Bonchev–Trinajstić information content (AvgIpc) is 3.51. The van der Waals surface area contributed by atoms with Gasteiger partial charge in [-0.3, -0.25) is 0 Å². The van der Waals surface area contributed by atoms with E-state index >= 15 is 0 Å². The minimum Gasteiger partial charge on any atom is -0.478 e. The lowest BCUT2D eigenvalue weighted by Crippen LogP contribution is -2.62. The van der Waals surface area contributed by atoms with Crippen LogP contribution in [-0.2, 0) is 23.7 Å². The number of aliphatic hydroxyl groups is 9. The number of aliphatic carboxylic acids is 1. The van der Waals surface area contributed by atoms with Crippen molar-refractivity contribution in [2.24, 2.45) is 40.4 Å². The topological polar surface area (TPSA) is 256 Å². The van der Waals surface area contributed by atoms with Crippen LogP contribution in [0.4, 0.5) is 0 Å². The summed E-state index contributed by atoms with van der Waals surface area (Å²) >= 11 is 0. The molecule has 2 saturated heterocycles. The molecule has 15 nitrogen and oxygen atoms in total. The molecular weight excluding hydrogens is 720 g/mol. The van der Waals surface area contributed by atoms with Crippen LogP contribution in [0.2, 0.25) is 0 Å². The van der Waals surface area contributed by atoms with E-state index in [4.69, 9.17) is 18.9 Å². The van der Waals surface area contributed by atoms with Crippen molar-refractivity contribution in [1.29, 1.82) is 0 Å². The van der Waals surface area contributed by atoms with Crippen LogP contribution < -0.4 is 0 Å². The second kappa shape index (κ2) is 16.6. The number of hydrogen-bond donors (Lipinski definition) is 10.